The molecule has 0 N–H and O–H groups in total. The quantitative estimate of drug-likeness (QED) is 0.483. The Hall–Kier alpha value is -2.43. The average molecular weight is 479 g/mol. The van der Waals surface area contributed by atoms with Gasteiger partial charge in [0.25, 0.3) is 5.91 Å². The van der Waals surface area contributed by atoms with Gasteiger partial charge in [-0.1, -0.05) is 24.3 Å². The molecule has 0 aliphatic carbocycles. The van der Waals surface area contributed by atoms with E-state index in [4.69, 9.17) is 4.74 Å². The number of amides is 1. The van der Waals surface area contributed by atoms with Crippen LogP contribution in [0.1, 0.15) is 27.6 Å². The number of esters is 1. The van der Waals surface area contributed by atoms with Crippen molar-refractivity contribution in [1.82, 2.24) is 4.57 Å². The van der Waals surface area contributed by atoms with E-state index < -0.39 is 21.7 Å². The summed E-state index contributed by atoms with van der Waals surface area (Å²) in [6.45, 7) is 2.19. The Morgan fingerprint density at radius 3 is 2.61 bits per heavy atom. The number of rotatable bonds is 7. The molecule has 2 aromatic carbocycles. The SMILES string of the molecule is CCS(=O)(=O)c1cccc(C(=O)N=c2sc3cc(C(=O)OC)ccc3n2CCSC)c1. The van der Waals surface area contributed by atoms with Gasteiger partial charge in [0.05, 0.1) is 33.5 Å². The summed E-state index contributed by atoms with van der Waals surface area (Å²) in [4.78, 5) is 29.6. The van der Waals surface area contributed by atoms with Gasteiger partial charge in [0, 0.05) is 17.9 Å². The molecular formula is C21H22N2O5S3. The number of carbonyl (C=O) groups excluding carboxylic acids is 2. The van der Waals surface area contributed by atoms with Crippen LogP contribution >= 0.6 is 23.1 Å². The summed E-state index contributed by atoms with van der Waals surface area (Å²) in [7, 11) is -2.10. The van der Waals surface area contributed by atoms with Gasteiger partial charge in [-0.3, -0.25) is 4.79 Å². The molecule has 0 saturated heterocycles. The topological polar surface area (TPSA) is 94.8 Å². The zero-order valence-electron chi connectivity index (χ0n) is 17.3. The summed E-state index contributed by atoms with van der Waals surface area (Å²) in [6, 6.07) is 11.1. The second-order valence-electron chi connectivity index (χ2n) is 6.55. The maximum atomic E-state index is 12.9. The number of sulfone groups is 1. The van der Waals surface area contributed by atoms with Crippen molar-refractivity contribution in [2.24, 2.45) is 4.99 Å². The molecule has 0 unspecified atom stereocenters. The van der Waals surface area contributed by atoms with Crippen molar-refractivity contribution >= 4 is 55.0 Å². The van der Waals surface area contributed by atoms with E-state index in [1.165, 1.54) is 30.6 Å². The van der Waals surface area contributed by atoms with Crippen molar-refractivity contribution in [2.75, 3.05) is 24.9 Å². The number of benzene rings is 2. The summed E-state index contributed by atoms with van der Waals surface area (Å²) in [5.74, 6) is -0.189. The second kappa shape index (κ2) is 9.80. The zero-order chi connectivity index (χ0) is 22.6. The van der Waals surface area contributed by atoms with E-state index in [1.54, 1.807) is 43.0 Å². The first-order chi connectivity index (χ1) is 14.8. The first-order valence-electron chi connectivity index (χ1n) is 9.43. The van der Waals surface area contributed by atoms with Gasteiger partial charge in [0.1, 0.15) is 0 Å². The highest BCUT2D eigenvalue weighted by molar-refractivity contribution is 7.98. The number of carbonyl (C=O) groups is 2. The van der Waals surface area contributed by atoms with E-state index in [1.807, 2.05) is 16.9 Å². The third kappa shape index (κ3) is 5.08. The standard InChI is InChI=1S/C21H22N2O5S3/c1-4-31(26,27)16-7-5-6-14(12-16)19(24)22-21-23(10-11-29-3)17-9-8-15(20(25)28-2)13-18(17)30-21/h5-9,12-13H,4,10-11H2,1-3H3. The van der Waals surface area contributed by atoms with Crippen molar-refractivity contribution in [3.8, 4) is 0 Å². The fourth-order valence-corrected chi connectivity index (χ4v) is 5.33. The molecule has 0 spiro atoms. The summed E-state index contributed by atoms with van der Waals surface area (Å²) in [6.07, 6.45) is 1.99. The second-order valence-corrected chi connectivity index (χ2v) is 10.8. The van der Waals surface area contributed by atoms with E-state index in [0.717, 1.165) is 16.0 Å². The number of nitrogens with zero attached hydrogens (tertiary/aromatic N) is 2. The smallest absolute Gasteiger partial charge is 0.337 e. The van der Waals surface area contributed by atoms with Crippen LogP contribution in [-0.2, 0) is 21.1 Å². The molecule has 0 radical (unpaired) electrons. The maximum Gasteiger partial charge on any atom is 0.337 e. The van der Waals surface area contributed by atoms with Crippen LogP contribution in [-0.4, -0.2) is 49.7 Å². The van der Waals surface area contributed by atoms with Crippen LogP contribution in [0.25, 0.3) is 10.2 Å². The van der Waals surface area contributed by atoms with E-state index >= 15 is 0 Å². The summed E-state index contributed by atoms with van der Waals surface area (Å²) < 4.78 is 31.8. The Labute approximate surface area is 188 Å². The Morgan fingerprint density at radius 1 is 1.16 bits per heavy atom. The van der Waals surface area contributed by atoms with E-state index in [-0.39, 0.29) is 16.2 Å². The number of hydrogen-bond acceptors (Lipinski definition) is 7. The molecule has 0 fully saturated rings. The molecule has 1 aromatic heterocycles. The van der Waals surface area contributed by atoms with Gasteiger partial charge in [-0.05, 0) is 42.7 Å². The van der Waals surface area contributed by atoms with Gasteiger partial charge >= 0.3 is 5.97 Å². The largest absolute Gasteiger partial charge is 0.465 e. The molecule has 0 bridgehead atoms. The summed E-state index contributed by atoms with van der Waals surface area (Å²) in [5, 5.41) is 0. The number of methoxy groups -OCH3 is 1. The molecule has 31 heavy (non-hydrogen) atoms. The monoisotopic (exact) mass is 478 g/mol. The lowest BCUT2D eigenvalue weighted by Crippen LogP contribution is -2.18. The van der Waals surface area contributed by atoms with Gasteiger partial charge in [-0.25, -0.2) is 13.2 Å². The van der Waals surface area contributed by atoms with Crippen LogP contribution in [0.15, 0.2) is 52.4 Å². The van der Waals surface area contributed by atoms with E-state index in [9.17, 15) is 18.0 Å². The minimum Gasteiger partial charge on any atom is -0.465 e. The van der Waals surface area contributed by atoms with Crippen molar-refractivity contribution in [3.63, 3.8) is 0 Å². The predicted octanol–water partition coefficient (Wildman–Crippen LogP) is 3.39. The third-order valence-corrected chi connectivity index (χ3v) is 8.00. The van der Waals surface area contributed by atoms with Crippen molar-refractivity contribution in [1.29, 1.82) is 0 Å². The van der Waals surface area contributed by atoms with E-state index in [2.05, 4.69) is 4.99 Å². The highest BCUT2D eigenvalue weighted by atomic mass is 32.2. The van der Waals surface area contributed by atoms with Gasteiger partial charge in [0.2, 0.25) is 0 Å². The number of ether oxygens (including phenoxy) is 1. The number of hydrogen-bond donors (Lipinski definition) is 0. The number of fused-ring (bicyclic) bond motifs is 1. The fraction of sp³-hybridized carbons (Fsp3) is 0.286. The molecule has 0 saturated carbocycles. The lowest BCUT2D eigenvalue weighted by Gasteiger charge is -2.05. The van der Waals surface area contributed by atoms with E-state index in [0.29, 0.717) is 16.9 Å². The van der Waals surface area contributed by atoms with Crippen LogP contribution in [0.2, 0.25) is 0 Å². The van der Waals surface area contributed by atoms with Crippen molar-refractivity contribution in [2.45, 2.75) is 18.4 Å². The molecule has 1 amide bonds. The maximum absolute atomic E-state index is 12.9. The van der Waals surface area contributed by atoms with Crippen LogP contribution in [0.3, 0.4) is 0 Å². The summed E-state index contributed by atoms with van der Waals surface area (Å²) in [5.41, 5.74) is 1.49. The molecule has 0 aliphatic rings. The lowest BCUT2D eigenvalue weighted by atomic mass is 10.2. The Morgan fingerprint density at radius 2 is 1.94 bits per heavy atom. The highest BCUT2D eigenvalue weighted by Crippen LogP contribution is 2.21. The normalized spacial score (nSPS) is 12.3. The van der Waals surface area contributed by atoms with Crippen molar-refractivity contribution in [3.05, 3.63) is 58.4 Å². The molecule has 3 aromatic rings. The van der Waals surface area contributed by atoms with Crippen LogP contribution in [0.5, 0.6) is 0 Å². The lowest BCUT2D eigenvalue weighted by molar-refractivity contribution is 0.0600. The fourth-order valence-electron chi connectivity index (χ4n) is 2.94. The number of aryl methyl sites for hydroxylation is 1. The van der Waals surface area contributed by atoms with Gasteiger partial charge < -0.3 is 9.30 Å². The van der Waals surface area contributed by atoms with Crippen molar-refractivity contribution < 1.29 is 22.7 Å². The van der Waals surface area contributed by atoms with Gasteiger partial charge in [-0.2, -0.15) is 16.8 Å². The third-order valence-electron chi connectivity index (χ3n) is 4.64. The molecule has 1 heterocycles. The predicted molar refractivity (Wildman–Crippen MR) is 124 cm³/mol. The molecule has 10 heteroatoms. The van der Waals surface area contributed by atoms with Crippen LogP contribution in [0, 0.1) is 0 Å². The Bertz CT molecular complexity index is 1310. The van der Waals surface area contributed by atoms with Gasteiger partial charge in [0.15, 0.2) is 14.6 Å². The first kappa shape index (κ1) is 23.2. The molecule has 7 nitrogen and oxygen atoms in total. The number of aromatic nitrogens is 1. The molecule has 0 aliphatic heterocycles. The minimum absolute atomic E-state index is 0.0463. The number of thiazole rings is 1. The Kier molecular flexibility index (Phi) is 7.34. The van der Waals surface area contributed by atoms with Crippen LogP contribution < -0.4 is 4.80 Å². The zero-order valence-corrected chi connectivity index (χ0v) is 19.8. The average Bonchev–Trinajstić information content (AvgIpc) is 3.12. The molecule has 3 rings (SSSR count). The minimum atomic E-state index is -3.43. The van der Waals surface area contributed by atoms with Gasteiger partial charge in [-0.15, -0.1) is 0 Å². The summed E-state index contributed by atoms with van der Waals surface area (Å²) >= 11 is 2.96. The highest BCUT2D eigenvalue weighted by Gasteiger charge is 2.16. The molecule has 164 valence electrons. The molecule has 0 atom stereocenters. The number of thioether (sulfide) groups is 1. The van der Waals surface area contributed by atoms with Crippen LogP contribution in [0.4, 0.5) is 0 Å². The first-order valence-corrected chi connectivity index (χ1v) is 13.3. The Balaban J connectivity index is 2.11. The molecular weight excluding hydrogens is 456 g/mol.